The van der Waals surface area contributed by atoms with Crippen molar-refractivity contribution in [2.75, 3.05) is 11.9 Å². The number of aryl methyl sites for hydroxylation is 1. The molecule has 33 heavy (non-hydrogen) atoms. The second-order valence-corrected chi connectivity index (χ2v) is 8.37. The summed E-state index contributed by atoms with van der Waals surface area (Å²) in [6, 6.07) is 1.14. The van der Waals surface area contributed by atoms with Crippen LogP contribution in [0, 0.1) is 0 Å². The summed E-state index contributed by atoms with van der Waals surface area (Å²) in [6.45, 7) is 4.27. The number of anilines is 1. The van der Waals surface area contributed by atoms with E-state index < -0.39 is 40.4 Å². The van der Waals surface area contributed by atoms with E-state index in [2.05, 4.69) is 15.2 Å². The molecule has 0 aliphatic carbocycles. The minimum absolute atomic E-state index is 0.0244. The van der Waals surface area contributed by atoms with Crippen molar-refractivity contribution in [2.24, 2.45) is 0 Å². The van der Waals surface area contributed by atoms with Crippen molar-refractivity contribution < 1.29 is 31.1 Å². The van der Waals surface area contributed by atoms with Crippen LogP contribution in [0.3, 0.4) is 0 Å². The summed E-state index contributed by atoms with van der Waals surface area (Å²) in [5, 5.41) is 7.07. The number of nitrogens with one attached hydrogen (secondary N) is 1. The van der Waals surface area contributed by atoms with Gasteiger partial charge in [0.15, 0.2) is 5.65 Å². The zero-order chi connectivity index (χ0) is 24.9. The van der Waals surface area contributed by atoms with Gasteiger partial charge in [-0.1, -0.05) is 18.5 Å². The van der Waals surface area contributed by atoms with Crippen molar-refractivity contribution in [1.82, 2.24) is 15.2 Å². The lowest BCUT2D eigenvalue weighted by atomic mass is 9.81. The molecule has 0 fully saturated rings. The first-order chi connectivity index (χ1) is 15.1. The largest absolute Gasteiger partial charge is 0.416 e. The predicted octanol–water partition coefficient (Wildman–Crippen LogP) is 6.15. The molecule has 5 nitrogen and oxygen atoms in total. The Morgan fingerprint density at radius 3 is 2.03 bits per heavy atom. The summed E-state index contributed by atoms with van der Waals surface area (Å²) >= 11 is 6.48. The summed E-state index contributed by atoms with van der Waals surface area (Å²) in [7, 11) is 1.34. The Morgan fingerprint density at radius 2 is 1.55 bits per heavy atom. The lowest BCUT2D eigenvalue weighted by Gasteiger charge is -2.32. The van der Waals surface area contributed by atoms with Gasteiger partial charge in [-0.3, -0.25) is 9.89 Å². The Morgan fingerprint density at radius 1 is 1.03 bits per heavy atom. The van der Waals surface area contributed by atoms with Gasteiger partial charge < -0.3 is 4.90 Å². The Kier molecular flexibility index (Phi) is 6.16. The molecule has 0 bridgehead atoms. The van der Waals surface area contributed by atoms with E-state index in [1.54, 1.807) is 6.92 Å². The number of aromatic amines is 1. The second kappa shape index (κ2) is 8.19. The minimum Gasteiger partial charge on any atom is -0.312 e. The van der Waals surface area contributed by atoms with Crippen LogP contribution in [0.1, 0.15) is 43.2 Å². The fraction of sp³-hybridized carbons (Fsp3) is 0.381. The van der Waals surface area contributed by atoms with E-state index in [1.807, 2.05) is 0 Å². The standard InChI is InChI=1S/C21H19ClF6N4O/c1-5-14-16(15(22)13-9-29-31-17(13)30-14)32(4)18(33)19(2,3)10-6-11(20(23,24)25)8-12(7-10)21(26,27)28/h6-9H,5H2,1-4H3,(H,29,30,31). The van der Waals surface area contributed by atoms with Gasteiger partial charge in [-0.25, -0.2) is 4.98 Å². The lowest BCUT2D eigenvalue weighted by Crippen LogP contribution is -2.42. The lowest BCUT2D eigenvalue weighted by molar-refractivity contribution is -0.143. The van der Waals surface area contributed by atoms with Gasteiger partial charge >= 0.3 is 12.4 Å². The minimum atomic E-state index is -5.03. The molecule has 3 rings (SSSR count). The number of fused-ring (bicyclic) bond motifs is 1. The SMILES string of the molecule is CCc1nc2[nH]ncc2c(Cl)c1N(C)C(=O)C(C)(C)c1cc(C(F)(F)F)cc(C(F)(F)F)c1. The molecule has 0 atom stereocenters. The van der Waals surface area contributed by atoms with Crippen LogP contribution in [0.5, 0.6) is 0 Å². The Balaban J connectivity index is 2.15. The van der Waals surface area contributed by atoms with Gasteiger partial charge in [0.2, 0.25) is 5.91 Å². The number of H-pyrrole nitrogens is 1. The number of benzene rings is 1. The number of carbonyl (C=O) groups is 1. The summed E-state index contributed by atoms with van der Waals surface area (Å²) in [6.07, 6.45) is -8.31. The first-order valence-electron chi connectivity index (χ1n) is 9.68. The monoisotopic (exact) mass is 492 g/mol. The number of aromatic nitrogens is 3. The summed E-state index contributed by atoms with van der Waals surface area (Å²) in [4.78, 5) is 18.9. The van der Waals surface area contributed by atoms with Gasteiger partial charge in [-0.15, -0.1) is 0 Å². The molecule has 0 saturated carbocycles. The molecule has 0 radical (unpaired) electrons. The van der Waals surface area contributed by atoms with E-state index >= 15 is 0 Å². The first-order valence-corrected chi connectivity index (χ1v) is 10.1. The molecule has 12 heteroatoms. The second-order valence-electron chi connectivity index (χ2n) is 7.99. The molecule has 2 aromatic heterocycles. The van der Waals surface area contributed by atoms with Crippen LogP contribution in [-0.2, 0) is 29.0 Å². The third-order valence-electron chi connectivity index (χ3n) is 5.40. The van der Waals surface area contributed by atoms with E-state index in [4.69, 9.17) is 11.6 Å². The molecule has 3 aromatic rings. The molecular formula is C21H19ClF6N4O. The maximum atomic E-state index is 13.4. The topological polar surface area (TPSA) is 61.9 Å². The summed E-state index contributed by atoms with van der Waals surface area (Å²) in [5.74, 6) is -0.767. The number of hydrogen-bond acceptors (Lipinski definition) is 3. The molecule has 1 aromatic carbocycles. The van der Waals surface area contributed by atoms with Gasteiger partial charge in [-0.05, 0) is 44.0 Å². The zero-order valence-corrected chi connectivity index (χ0v) is 18.7. The molecule has 0 aliphatic heterocycles. The summed E-state index contributed by atoms with van der Waals surface area (Å²) < 4.78 is 79.9. The van der Waals surface area contributed by atoms with E-state index in [9.17, 15) is 31.1 Å². The molecule has 2 heterocycles. The zero-order valence-electron chi connectivity index (χ0n) is 17.9. The maximum Gasteiger partial charge on any atom is 0.416 e. The smallest absolute Gasteiger partial charge is 0.312 e. The first kappa shape index (κ1) is 24.8. The highest BCUT2D eigenvalue weighted by atomic mass is 35.5. The number of carbonyl (C=O) groups excluding carboxylic acids is 1. The fourth-order valence-electron chi connectivity index (χ4n) is 3.51. The van der Waals surface area contributed by atoms with E-state index in [0.717, 1.165) is 4.90 Å². The number of amides is 1. The van der Waals surface area contributed by atoms with Crippen LogP contribution >= 0.6 is 11.6 Å². The maximum absolute atomic E-state index is 13.4. The van der Waals surface area contributed by atoms with Crippen molar-refractivity contribution in [1.29, 1.82) is 0 Å². The molecule has 1 N–H and O–H groups in total. The van der Waals surface area contributed by atoms with Crippen molar-refractivity contribution in [3.8, 4) is 0 Å². The fourth-order valence-corrected chi connectivity index (χ4v) is 3.89. The van der Waals surface area contributed by atoms with Crippen LogP contribution < -0.4 is 4.90 Å². The van der Waals surface area contributed by atoms with Gasteiger partial charge in [-0.2, -0.15) is 31.4 Å². The molecular weight excluding hydrogens is 474 g/mol. The number of likely N-dealkylation sites (N-methyl/N-ethyl adjacent to an activating group) is 1. The summed E-state index contributed by atoms with van der Waals surface area (Å²) in [5.41, 5.74) is -4.20. The third-order valence-corrected chi connectivity index (χ3v) is 5.79. The number of nitrogens with zero attached hydrogens (tertiary/aromatic N) is 3. The van der Waals surface area contributed by atoms with Crippen LogP contribution in [0.25, 0.3) is 11.0 Å². The Hall–Kier alpha value is -2.82. The van der Waals surface area contributed by atoms with Gasteiger partial charge in [0.05, 0.1) is 44.5 Å². The van der Waals surface area contributed by atoms with Crippen molar-refractivity contribution >= 4 is 34.2 Å². The molecule has 178 valence electrons. The highest BCUT2D eigenvalue weighted by Crippen LogP contribution is 2.41. The van der Waals surface area contributed by atoms with Crippen molar-refractivity contribution in [3.05, 3.63) is 51.8 Å². The third kappa shape index (κ3) is 4.50. The molecule has 0 aliphatic rings. The average molecular weight is 493 g/mol. The number of halogens is 7. The highest BCUT2D eigenvalue weighted by molar-refractivity contribution is 6.38. The molecule has 1 amide bonds. The van der Waals surface area contributed by atoms with Gasteiger partial charge in [0.25, 0.3) is 0 Å². The normalized spacial score (nSPS) is 12.9. The Bertz CT molecular complexity index is 1180. The Labute approximate surface area is 189 Å². The molecule has 0 saturated heterocycles. The van der Waals surface area contributed by atoms with E-state index in [1.165, 1.54) is 27.1 Å². The van der Waals surface area contributed by atoms with Crippen LogP contribution in [0.2, 0.25) is 5.02 Å². The molecule has 0 unspecified atom stereocenters. The predicted molar refractivity (Wildman–Crippen MR) is 111 cm³/mol. The highest BCUT2D eigenvalue weighted by Gasteiger charge is 2.41. The average Bonchev–Trinajstić information content (AvgIpc) is 3.20. The van der Waals surface area contributed by atoms with Gasteiger partial charge in [0.1, 0.15) is 0 Å². The number of pyridine rings is 1. The van der Waals surface area contributed by atoms with Gasteiger partial charge in [0, 0.05) is 7.05 Å². The van der Waals surface area contributed by atoms with Crippen LogP contribution in [0.4, 0.5) is 32.0 Å². The quantitative estimate of drug-likeness (QED) is 0.444. The molecule has 0 spiro atoms. The number of alkyl halides is 6. The van der Waals surface area contributed by atoms with Crippen molar-refractivity contribution in [3.63, 3.8) is 0 Å². The number of hydrogen-bond donors (Lipinski definition) is 1. The van der Waals surface area contributed by atoms with Crippen molar-refractivity contribution in [2.45, 2.75) is 45.0 Å². The number of rotatable bonds is 4. The van der Waals surface area contributed by atoms with E-state index in [-0.39, 0.29) is 16.8 Å². The van der Waals surface area contributed by atoms with E-state index in [0.29, 0.717) is 35.3 Å². The van der Waals surface area contributed by atoms with Crippen LogP contribution in [-0.4, -0.2) is 28.1 Å². The van der Waals surface area contributed by atoms with Crippen LogP contribution in [0.15, 0.2) is 24.4 Å².